The first kappa shape index (κ1) is 24.1. The van der Waals surface area contributed by atoms with E-state index in [2.05, 4.69) is 140 Å². The Kier molecular flexibility index (Phi) is 6.27. The standard InChI is InChI=1S/C36H31NSi/c1-38(2,3)35-22-20-31(21-23-35)30-14-12-27(13-15-30)26-8-10-28(11-9-26)29-16-18-32(19-17-29)34-24-33-6-4-5-7-36(33)37-25-34/h4-25H,1-3H3. The van der Waals surface area contributed by atoms with Gasteiger partial charge in [-0.2, -0.15) is 0 Å². The predicted octanol–water partition coefficient (Wildman–Crippen LogP) is 9.45. The summed E-state index contributed by atoms with van der Waals surface area (Å²) in [4.78, 5) is 4.61. The van der Waals surface area contributed by atoms with Crippen LogP contribution in [-0.2, 0) is 0 Å². The molecular weight excluding hydrogens is 474 g/mol. The Hall–Kier alpha value is -4.27. The molecule has 1 heterocycles. The molecule has 0 radical (unpaired) electrons. The van der Waals surface area contributed by atoms with Crippen LogP contribution in [0.1, 0.15) is 0 Å². The molecule has 0 spiro atoms. The van der Waals surface area contributed by atoms with Gasteiger partial charge in [-0.15, -0.1) is 0 Å². The number of pyridine rings is 1. The lowest BCUT2D eigenvalue weighted by molar-refractivity contribution is 1.41. The molecule has 0 fully saturated rings. The summed E-state index contributed by atoms with van der Waals surface area (Å²) in [7, 11) is -1.27. The molecule has 0 N–H and O–H groups in total. The second-order valence-corrected chi connectivity index (χ2v) is 16.1. The number of aromatic nitrogens is 1. The summed E-state index contributed by atoms with van der Waals surface area (Å²) in [6.07, 6.45) is 1.96. The van der Waals surface area contributed by atoms with E-state index >= 15 is 0 Å². The van der Waals surface area contributed by atoms with E-state index in [1.807, 2.05) is 18.3 Å². The minimum atomic E-state index is -1.27. The second-order valence-electron chi connectivity index (χ2n) is 11.0. The molecule has 0 aliphatic carbocycles. The molecule has 38 heavy (non-hydrogen) atoms. The lowest BCUT2D eigenvalue weighted by atomic mass is 9.97. The Morgan fingerprint density at radius 3 is 1.21 bits per heavy atom. The third-order valence-electron chi connectivity index (χ3n) is 7.33. The van der Waals surface area contributed by atoms with Gasteiger partial charge < -0.3 is 0 Å². The Morgan fingerprint density at radius 2 is 0.789 bits per heavy atom. The maximum absolute atomic E-state index is 4.61. The first-order valence-corrected chi connectivity index (χ1v) is 16.7. The van der Waals surface area contributed by atoms with Crippen LogP contribution in [0.4, 0.5) is 0 Å². The molecule has 6 rings (SSSR count). The van der Waals surface area contributed by atoms with Crippen molar-refractivity contribution in [1.82, 2.24) is 4.98 Å². The summed E-state index contributed by atoms with van der Waals surface area (Å²) in [5, 5.41) is 2.66. The van der Waals surface area contributed by atoms with Crippen LogP contribution in [-0.4, -0.2) is 13.1 Å². The van der Waals surface area contributed by atoms with Crippen molar-refractivity contribution in [2.45, 2.75) is 19.6 Å². The maximum Gasteiger partial charge on any atom is 0.0775 e. The van der Waals surface area contributed by atoms with Crippen LogP contribution in [0.3, 0.4) is 0 Å². The molecule has 0 bridgehead atoms. The number of para-hydroxylation sites is 1. The van der Waals surface area contributed by atoms with Gasteiger partial charge in [-0.05, 0) is 51.1 Å². The third kappa shape index (κ3) is 4.96. The lowest BCUT2D eigenvalue weighted by Gasteiger charge is -2.16. The fourth-order valence-corrected chi connectivity index (χ4v) is 6.12. The summed E-state index contributed by atoms with van der Waals surface area (Å²) in [6.45, 7) is 7.17. The van der Waals surface area contributed by atoms with Crippen LogP contribution in [0.5, 0.6) is 0 Å². The molecule has 0 aliphatic rings. The van der Waals surface area contributed by atoms with Crippen molar-refractivity contribution in [3.63, 3.8) is 0 Å². The van der Waals surface area contributed by atoms with E-state index in [1.54, 1.807) is 0 Å². The number of benzene rings is 5. The highest BCUT2D eigenvalue weighted by Gasteiger charge is 2.15. The zero-order valence-electron chi connectivity index (χ0n) is 22.1. The number of fused-ring (bicyclic) bond motifs is 1. The quantitative estimate of drug-likeness (QED) is 0.213. The Labute approximate surface area is 226 Å². The van der Waals surface area contributed by atoms with Gasteiger partial charge in [-0.25, -0.2) is 0 Å². The van der Waals surface area contributed by atoms with Crippen molar-refractivity contribution in [2.24, 2.45) is 0 Å². The molecule has 0 atom stereocenters. The Bertz CT molecular complexity index is 1690. The highest BCUT2D eigenvalue weighted by Crippen LogP contribution is 2.29. The zero-order valence-corrected chi connectivity index (χ0v) is 23.1. The minimum Gasteiger partial charge on any atom is -0.256 e. The van der Waals surface area contributed by atoms with Crippen molar-refractivity contribution in [3.8, 4) is 44.5 Å². The molecular formula is C36H31NSi. The van der Waals surface area contributed by atoms with Crippen molar-refractivity contribution < 1.29 is 0 Å². The van der Waals surface area contributed by atoms with Gasteiger partial charge in [-0.1, -0.05) is 140 Å². The first-order valence-electron chi connectivity index (χ1n) is 13.2. The van der Waals surface area contributed by atoms with Gasteiger partial charge in [-0.3, -0.25) is 4.98 Å². The fourth-order valence-electron chi connectivity index (χ4n) is 4.96. The SMILES string of the molecule is C[Si](C)(C)c1ccc(-c2ccc(-c3ccc(-c4ccc(-c5cnc6ccccc6c5)cc4)cc3)cc2)cc1. The second kappa shape index (κ2) is 9.89. The summed E-state index contributed by atoms with van der Waals surface area (Å²) in [5.41, 5.74) is 10.8. The van der Waals surface area contributed by atoms with Gasteiger partial charge in [0, 0.05) is 17.1 Å². The first-order chi connectivity index (χ1) is 18.4. The molecule has 184 valence electrons. The normalized spacial score (nSPS) is 11.6. The van der Waals surface area contributed by atoms with Gasteiger partial charge in [0.25, 0.3) is 0 Å². The van der Waals surface area contributed by atoms with Crippen molar-refractivity contribution in [1.29, 1.82) is 0 Å². The van der Waals surface area contributed by atoms with E-state index in [-0.39, 0.29) is 0 Å². The highest BCUT2D eigenvalue weighted by atomic mass is 28.3. The number of nitrogens with zero attached hydrogens (tertiary/aromatic N) is 1. The van der Waals surface area contributed by atoms with Crippen LogP contribution >= 0.6 is 0 Å². The molecule has 0 saturated carbocycles. The van der Waals surface area contributed by atoms with Crippen molar-refractivity contribution in [2.75, 3.05) is 0 Å². The topological polar surface area (TPSA) is 12.9 Å². The molecule has 0 amide bonds. The highest BCUT2D eigenvalue weighted by molar-refractivity contribution is 6.88. The van der Waals surface area contributed by atoms with Gasteiger partial charge in [0.2, 0.25) is 0 Å². The monoisotopic (exact) mass is 505 g/mol. The number of rotatable bonds is 5. The van der Waals surface area contributed by atoms with Crippen LogP contribution in [0, 0.1) is 0 Å². The molecule has 6 aromatic rings. The molecule has 0 saturated heterocycles. The molecule has 1 aromatic heterocycles. The minimum absolute atomic E-state index is 1.03. The van der Waals surface area contributed by atoms with Crippen molar-refractivity contribution in [3.05, 3.63) is 134 Å². The average Bonchev–Trinajstić information content (AvgIpc) is 2.97. The van der Waals surface area contributed by atoms with Crippen LogP contribution in [0.15, 0.2) is 134 Å². The molecule has 0 unspecified atom stereocenters. The zero-order chi connectivity index (χ0) is 26.1. The van der Waals surface area contributed by atoms with E-state index in [1.165, 1.54) is 44.1 Å². The number of hydrogen-bond donors (Lipinski definition) is 0. The molecule has 5 aromatic carbocycles. The molecule has 2 heteroatoms. The van der Waals surface area contributed by atoms with E-state index in [0.717, 1.165) is 16.5 Å². The number of hydrogen-bond acceptors (Lipinski definition) is 1. The summed E-state index contributed by atoms with van der Waals surface area (Å²) >= 11 is 0. The van der Waals surface area contributed by atoms with Gasteiger partial charge >= 0.3 is 0 Å². The average molecular weight is 506 g/mol. The largest absolute Gasteiger partial charge is 0.256 e. The summed E-state index contributed by atoms with van der Waals surface area (Å²) in [6, 6.07) is 46.1. The lowest BCUT2D eigenvalue weighted by Crippen LogP contribution is -2.37. The van der Waals surface area contributed by atoms with Gasteiger partial charge in [0.05, 0.1) is 13.6 Å². The summed E-state index contributed by atoms with van der Waals surface area (Å²) in [5.74, 6) is 0. The smallest absolute Gasteiger partial charge is 0.0775 e. The van der Waals surface area contributed by atoms with Crippen molar-refractivity contribution >= 4 is 24.2 Å². The van der Waals surface area contributed by atoms with Crippen LogP contribution in [0.25, 0.3) is 55.4 Å². The van der Waals surface area contributed by atoms with Gasteiger partial charge in [0.1, 0.15) is 0 Å². The third-order valence-corrected chi connectivity index (χ3v) is 9.39. The molecule has 0 aliphatic heterocycles. The predicted molar refractivity (Wildman–Crippen MR) is 166 cm³/mol. The van der Waals surface area contributed by atoms with Crippen LogP contribution < -0.4 is 5.19 Å². The molecule has 1 nitrogen and oxygen atoms in total. The Morgan fingerprint density at radius 1 is 0.421 bits per heavy atom. The van der Waals surface area contributed by atoms with E-state index in [9.17, 15) is 0 Å². The Balaban J connectivity index is 1.18. The van der Waals surface area contributed by atoms with E-state index < -0.39 is 8.07 Å². The van der Waals surface area contributed by atoms with Crippen LogP contribution in [0.2, 0.25) is 19.6 Å². The van der Waals surface area contributed by atoms with E-state index in [4.69, 9.17) is 0 Å². The fraction of sp³-hybridized carbons (Fsp3) is 0.0833. The summed E-state index contributed by atoms with van der Waals surface area (Å²) < 4.78 is 0. The van der Waals surface area contributed by atoms with E-state index in [0.29, 0.717) is 0 Å². The van der Waals surface area contributed by atoms with Gasteiger partial charge in [0.15, 0.2) is 0 Å². The maximum atomic E-state index is 4.61.